The van der Waals surface area contributed by atoms with Gasteiger partial charge in [-0.05, 0) is 59.2 Å². The third kappa shape index (κ3) is 5.75. The van der Waals surface area contributed by atoms with Crippen LogP contribution in [0.4, 0.5) is 5.69 Å². The van der Waals surface area contributed by atoms with Crippen molar-refractivity contribution < 1.29 is 19.1 Å². The molecule has 3 aliphatic rings. The van der Waals surface area contributed by atoms with Gasteiger partial charge in [0.1, 0.15) is 6.17 Å². The minimum atomic E-state index is -0.365. The van der Waals surface area contributed by atoms with Gasteiger partial charge in [-0.15, -0.1) is 0 Å². The molecule has 0 aromatic heterocycles. The Bertz CT molecular complexity index is 1890. The Morgan fingerprint density at radius 3 is 2.08 bits per heavy atom. The van der Waals surface area contributed by atoms with Crippen molar-refractivity contribution in [3.05, 3.63) is 161 Å². The van der Waals surface area contributed by atoms with Gasteiger partial charge < -0.3 is 24.6 Å². The number of carbonyl (C=O) groups is 2. The monoisotopic (exact) mass is 636 g/mol. The van der Waals surface area contributed by atoms with Crippen molar-refractivity contribution in [2.75, 3.05) is 38.3 Å². The summed E-state index contributed by atoms with van der Waals surface area (Å²) in [6.45, 7) is 3.49. The van der Waals surface area contributed by atoms with E-state index in [9.17, 15) is 9.59 Å². The quantitative estimate of drug-likeness (QED) is 0.204. The van der Waals surface area contributed by atoms with Gasteiger partial charge >= 0.3 is 0 Å². The van der Waals surface area contributed by atoms with Crippen LogP contribution in [0.3, 0.4) is 0 Å². The van der Waals surface area contributed by atoms with E-state index in [1.54, 1.807) is 0 Å². The molecule has 1 N–H and O–H groups in total. The van der Waals surface area contributed by atoms with Crippen molar-refractivity contribution in [2.45, 2.75) is 18.8 Å². The third-order valence-electron chi connectivity index (χ3n) is 9.48. The summed E-state index contributed by atoms with van der Waals surface area (Å²) in [6.07, 6.45) is -0.365. The highest BCUT2D eigenvalue weighted by molar-refractivity contribution is 5.99. The standard InChI is InChI=1S/C40H36N4O4/c45-39(43-23-21-42(22-24-43)37(29-9-3-1-4-10-29)30-11-5-2-6-12-30)31-16-18-32(19-17-31)41-38-33-13-7-8-14-34(33)40(46)44(38)26-28-15-20-35-36(25-28)48-27-47-35/h1-20,25,37-38,41H,21-24,26-27H2. The summed E-state index contributed by atoms with van der Waals surface area (Å²) < 4.78 is 11.0. The summed E-state index contributed by atoms with van der Waals surface area (Å²) in [5.41, 5.74) is 6.55. The summed E-state index contributed by atoms with van der Waals surface area (Å²) >= 11 is 0. The van der Waals surface area contributed by atoms with E-state index in [1.165, 1.54) is 11.1 Å². The number of fused-ring (bicyclic) bond motifs is 2. The van der Waals surface area contributed by atoms with Crippen LogP contribution >= 0.6 is 0 Å². The molecule has 1 unspecified atom stereocenters. The molecule has 0 aliphatic carbocycles. The van der Waals surface area contributed by atoms with Crippen molar-refractivity contribution in [3.8, 4) is 11.5 Å². The first-order chi connectivity index (χ1) is 23.6. The fourth-order valence-electron chi connectivity index (χ4n) is 7.04. The second-order valence-corrected chi connectivity index (χ2v) is 12.4. The fourth-order valence-corrected chi connectivity index (χ4v) is 7.04. The number of amides is 2. The molecule has 240 valence electrons. The Balaban J connectivity index is 0.950. The van der Waals surface area contributed by atoms with Gasteiger partial charge in [0.05, 0.1) is 6.04 Å². The van der Waals surface area contributed by atoms with Crippen molar-refractivity contribution in [1.82, 2.24) is 14.7 Å². The van der Waals surface area contributed by atoms with Crippen molar-refractivity contribution in [1.29, 1.82) is 0 Å². The molecule has 8 heteroatoms. The Hall–Kier alpha value is -5.60. The fraction of sp³-hybridized carbons (Fsp3) is 0.200. The van der Waals surface area contributed by atoms with E-state index < -0.39 is 0 Å². The van der Waals surface area contributed by atoms with Gasteiger partial charge in [0.2, 0.25) is 6.79 Å². The second kappa shape index (κ2) is 12.9. The van der Waals surface area contributed by atoms with E-state index >= 15 is 0 Å². The maximum atomic E-state index is 13.6. The van der Waals surface area contributed by atoms with Crippen LogP contribution in [0.1, 0.15) is 55.2 Å². The number of hydrogen-bond acceptors (Lipinski definition) is 6. The van der Waals surface area contributed by atoms with Crippen LogP contribution in [-0.2, 0) is 6.54 Å². The van der Waals surface area contributed by atoms with E-state index in [0.29, 0.717) is 42.3 Å². The molecule has 48 heavy (non-hydrogen) atoms. The number of nitrogens with zero attached hydrogens (tertiary/aromatic N) is 3. The topological polar surface area (TPSA) is 74.3 Å². The highest BCUT2D eigenvalue weighted by Gasteiger charge is 2.37. The van der Waals surface area contributed by atoms with Gasteiger partial charge in [-0.1, -0.05) is 84.9 Å². The van der Waals surface area contributed by atoms with Gasteiger partial charge in [0.15, 0.2) is 11.5 Å². The molecule has 0 bridgehead atoms. The summed E-state index contributed by atoms with van der Waals surface area (Å²) in [5, 5.41) is 3.56. The minimum absolute atomic E-state index is 0.0306. The molecule has 1 fully saturated rings. The number of anilines is 1. The van der Waals surface area contributed by atoms with Crippen LogP contribution in [0.5, 0.6) is 11.5 Å². The molecule has 3 aliphatic heterocycles. The second-order valence-electron chi connectivity index (χ2n) is 12.4. The average Bonchev–Trinajstić information content (AvgIpc) is 3.72. The van der Waals surface area contributed by atoms with Gasteiger partial charge in [0.25, 0.3) is 11.8 Å². The number of ether oxygens (including phenoxy) is 2. The molecule has 0 saturated carbocycles. The largest absolute Gasteiger partial charge is 0.454 e. The lowest BCUT2D eigenvalue weighted by atomic mass is 9.96. The molecule has 1 saturated heterocycles. The van der Waals surface area contributed by atoms with Gasteiger partial charge in [-0.3, -0.25) is 14.5 Å². The summed E-state index contributed by atoms with van der Waals surface area (Å²) in [6, 6.07) is 42.4. The van der Waals surface area contributed by atoms with Crippen LogP contribution < -0.4 is 14.8 Å². The molecule has 2 amide bonds. The zero-order valence-electron chi connectivity index (χ0n) is 26.5. The normalized spacial score (nSPS) is 17.1. The average molecular weight is 637 g/mol. The Morgan fingerprint density at radius 1 is 0.729 bits per heavy atom. The highest BCUT2D eigenvalue weighted by atomic mass is 16.7. The van der Waals surface area contributed by atoms with Crippen LogP contribution in [0, 0.1) is 0 Å². The minimum Gasteiger partial charge on any atom is -0.454 e. The summed E-state index contributed by atoms with van der Waals surface area (Å²) in [5.74, 6) is 1.40. The van der Waals surface area contributed by atoms with Gasteiger partial charge in [-0.2, -0.15) is 0 Å². The molecule has 8 nitrogen and oxygen atoms in total. The molecule has 0 spiro atoms. The number of piperazine rings is 1. The predicted molar refractivity (Wildman–Crippen MR) is 184 cm³/mol. The number of nitrogens with one attached hydrogen (secondary N) is 1. The van der Waals surface area contributed by atoms with Crippen LogP contribution in [-0.4, -0.2) is 59.5 Å². The van der Waals surface area contributed by atoms with E-state index in [2.05, 4.69) is 58.7 Å². The zero-order chi connectivity index (χ0) is 32.5. The first kappa shape index (κ1) is 29.8. The molecule has 0 radical (unpaired) electrons. The van der Waals surface area contributed by atoms with Crippen LogP contribution in [0.2, 0.25) is 0 Å². The molecular formula is C40H36N4O4. The Labute approximate surface area is 280 Å². The lowest BCUT2D eigenvalue weighted by molar-refractivity contribution is 0.0597. The SMILES string of the molecule is O=C(c1ccc(NC2c3ccccc3C(=O)N2Cc2ccc3c(c2)OCO3)cc1)N1CCN(C(c2ccccc2)c2ccccc2)CC1. The smallest absolute Gasteiger partial charge is 0.256 e. The third-order valence-corrected chi connectivity index (χ3v) is 9.48. The van der Waals surface area contributed by atoms with Gasteiger partial charge in [0, 0.05) is 55.1 Å². The first-order valence-corrected chi connectivity index (χ1v) is 16.4. The number of rotatable bonds is 8. The van der Waals surface area contributed by atoms with E-state index in [-0.39, 0.29) is 30.8 Å². The molecule has 3 heterocycles. The maximum Gasteiger partial charge on any atom is 0.256 e. The van der Waals surface area contributed by atoms with Crippen molar-refractivity contribution >= 4 is 17.5 Å². The lowest BCUT2D eigenvalue weighted by Gasteiger charge is -2.39. The molecule has 1 atom stereocenters. The van der Waals surface area contributed by atoms with E-state index in [1.807, 2.05) is 88.7 Å². The van der Waals surface area contributed by atoms with E-state index in [4.69, 9.17) is 9.47 Å². The van der Waals surface area contributed by atoms with Crippen molar-refractivity contribution in [2.24, 2.45) is 0 Å². The maximum absolute atomic E-state index is 13.6. The Kier molecular flexibility index (Phi) is 8.00. The van der Waals surface area contributed by atoms with E-state index in [0.717, 1.165) is 29.9 Å². The van der Waals surface area contributed by atoms with Crippen LogP contribution in [0.25, 0.3) is 0 Å². The summed E-state index contributed by atoms with van der Waals surface area (Å²) in [4.78, 5) is 33.4. The highest BCUT2D eigenvalue weighted by Crippen LogP contribution is 2.38. The molecule has 8 rings (SSSR count). The van der Waals surface area contributed by atoms with Crippen LogP contribution in [0.15, 0.2) is 127 Å². The number of benzene rings is 5. The van der Waals surface area contributed by atoms with Crippen molar-refractivity contribution in [3.63, 3.8) is 0 Å². The predicted octanol–water partition coefficient (Wildman–Crippen LogP) is 6.73. The Morgan fingerprint density at radius 2 is 1.38 bits per heavy atom. The number of hydrogen-bond donors (Lipinski definition) is 1. The number of carbonyl (C=O) groups excluding carboxylic acids is 2. The molecule has 5 aromatic rings. The lowest BCUT2D eigenvalue weighted by Crippen LogP contribution is -2.49. The zero-order valence-corrected chi connectivity index (χ0v) is 26.5. The van der Waals surface area contributed by atoms with Gasteiger partial charge in [-0.25, -0.2) is 0 Å². The molecular weight excluding hydrogens is 600 g/mol. The summed E-state index contributed by atoms with van der Waals surface area (Å²) in [7, 11) is 0. The first-order valence-electron chi connectivity index (χ1n) is 16.4. The molecule has 5 aromatic carbocycles.